The van der Waals surface area contributed by atoms with Crippen LogP contribution in [-0.4, -0.2) is 23.9 Å². The van der Waals surface area contributed by atoms with Gasteiger partial charge in [0.2, 0.25) is 11.8 Å². The number of hydrogen-bond donors (Lipinski definition) is 2. The predicted molar refractivity (Wildman–Crippen MR) is 83.4 cm³/mol. The molecular formula is C16H29N3O2. The molecule has 0 fully saturated rings. The monoisotopic (exact) mass is 295 g/mol. The molecule has 0 heterocycles. The molecule has 21 heavy (non-hydrogen) atoms. The number of carbonyl (C=O) groups is 2. The summed E-state index contributed by atoms with van der Waals surface area (Å²) in [6.07, 6.45) is 2.90. The van der Waals surface area contributed by atoms with E-state index >= 15 is 0 Å². The largest absolute Gasteiger partial charge is 0.354 e. The van der Waals surface area contributed by atoms with E-state index in [1.165, 1.54) is 0 Å². The first-order valence-corrected chi connectivity index (χ1v) is 7.71. The highest BCUT2D eigenvalue weighted by atomic mass is 16.2. The maximum absolute atomic E-state index is 12.3. The van der Waals surface area contributed by atoms with Crippen molar-refractivity contribution in [2.24, 2.45) is 5.41 Å². The molecule has 0 aromatic carbocycles. The summed E-state index contributed by atoms with van der Waals surface area (Å²) in [5, 5.41) is 15.0. The number of nitrogens with one attached hydrogen (secondary N) is 2. The highest BCUT2D eigenvalue weighted by Crippen LogP contribution is 2.29. The topological polar surface area (TPSA) is 82.0 Å². The number of nitrogens with zero attached hydrogens (tertiary/aromatic N) is 1. The fraction of sp³-hybridized carbons (Fsp3) is 0.812. The van der Waals surface area contributed by atoms with Gasteiger partial charge in [-0.15, -0.1) is 0 Å². The van der Waals surface area contributed by atoms with Crippen LogP contribution in [0.25, 0.3) is 0 Å². The van der Waals surface area contributed by atoms with Crippen molar-refractivity contribution >= 4 is 11.8 Å². The van der Waals surface area contributed by atoms with E-state index in [4.69, 9.17) is 0 Å². The second kappa shape index (κ2) is 8.66. The van der Waals surface area contributed by atoms with Gasteiger partial charge in [0.25, 0.3) is 0 Å². The van der Waals surface area contributed by atoms with Crippen molar-refractivity contribution in [3.05, 3.63) is 0 Å². The average Bonchev–Trinajstić information content (AvgIpc) is 2.36. The van der Waals surface area contributed by atoms with Crippen LogP contribution in [0.15, 0.2) is 0 Å². The molecule has 0 atom stereocenters. The van der Waals surface area contributed by atoms with Crippen molar-refractivity contribution in [3.8, 4) is 6.07 Å². The molecule has 0 saturated carbocycles. The third-order valence-electron chi connectivity index (χ3n) is 3.15. The van der Waals surface area contributed by atoms with E-state index in [-0.39, 0.29) is 30.3 Å². The SMILES string of the molecule is CCCC(C#N)(CCC)C(=O)NCCC(=O)NC(C)(C)C. The van der Waals surface area contributed by atoms with Crippen LogP contribution in [0, 0.1) is 16.7 Å². The lowest BCUT2D eigenvalue weighted by molar-refractivity contribution is -0.129. The Morgan fingerprint density at radius 2 is 1.62 bits per heavy atom. The van der Waals surface area contributed by atoms with Crippen molar-refractivity contribution in [2.45, 2.75) is 72.3 Å². The molecule has 0 aliphatic carbocycles. The van der Waals surface area contributed by atoms with Gasteiger partial charge in [-0.05, 0) is 33.6 Å². The van der Waals surface area contributed by atoms with Gasteiger partial charge in [0.15, 0.2) is 0 Å². The number of nitriles is 1. The third kappa shape index (κ3) is 7.12. The molecule has 5 heteroatoms. The molecule has 0 aromatic heterocycles. The normalized spacial score (nSPS) is 11.6. The maximum Gasteiger partial charge on any atom is 0.240 e. The van der Waals surface area contributed by atoms with Crippen LogP contribution in [0.2, 0.25) is 0 Å². The Morgan fingerprint density at radius 3 is 2.00 bits per heavy atom. The molecule has 0 saturated heterocycles. The van der Waals surface area contributed by atoms with Gasteiger partial charge >= 0.3 is 0 Å². The Hall–Kier alpha value is -1.57. The second-order valence-corrected chi connectivity index (χ2v) is 6.50. The molecule has 2 N–H and O–H groups in total. The Morgan fingerprint density at radius 1 is 1.10 bits per heavy atom. The fourth-order valence-electron chi connectivity index (χ4n) is 2.31. The van der Waals surface area contributed by atoms with E-state index in [9.17, 15) is 14.9 Å². The lowest BCUT2D eigenvalue weighted by Crippen LogP contribution is -2.44. The molecular weight excluding hydrogens is 266 g/mol. The minimum atomic E-state index is -0.954. The summed E-state index contributed by atoms with van der Waals surface area (Å²) in [5.74, 6) is -0.353. The summed E-state index contributed by atoms with van der Waals surface area (Å²) in [6, 6.07) is 2.18. The Kier molecular flexibility index (Phi) is 8.01. The van der Waals surface area contributed by atoms with Crippen LogP contribution in [0.4, 0.5) is 0 Å². The quantitative estimate of drug-likeness (QED) is 0.722. The van der Waals surface area contributed by atoms with Gasteiger partial charge in [0, 0.05) is 18.5 Å². The third-order valence-corrected chi connectivity index (χ3v) is 3.15. The molecule has 5 nitrogen and oxygen atoms in total. The standard InChI is InChI=1S/C16H29N3O2/c1-6-9-16(12-17,10-7-2)14(21)18-11-8-13(20)19-15(3,4)5/h6-11H2,1-5H3,(H,18,21)(H,19,20). The van der Waals surface area contributed by atoms with Gasteiger partial charge < -0.3 is 10.6 Å². The summed E-state index contributed by atoms with van der Waals surface area (Å²) < 4.78 is 0. The predicted octanol–water partition coefficient (Wildman–Crippen LogP) is 2.52. The minimum absolute atomic E-state index is 0.101. The first kappa shape index (κ1) is 19.4. The highest BCUT2D eigenvalue weighted by molar-refractivity contribution is 5.86. The van der Waals surface area contributed by atoms with Crippen LogP contribution in [-0.2, 0) is 9.59 Å². The summed E-state index contributed by atoms with van der Waals surface area (Å²) in [7, 11) is 0. The Labute approximate surface area is 128 Å². The average molecular weight is 295 g/mol. The zero-order valence-electron chi connectivity index (χ0n) is 14.0. The molecule has 0 bridgehead atoms. The molecule has 0 aromatic rings. The smallest absolute Gasteiger partial charge is 0.240 e. The molecule has 0 radical (unpaired) electrons. The van der Waals surface area contributed by atoms with Crippen LogP contribution >= 0.6 is 0 Å². The summed E-state index contributed by atoms with van der Waals surface area (Å²) >= 11 is 0. The first-order chi connectivity index (χ1) is 9.70. The van der Waals surface area contributed by atoms with Crippen LogP contribution in [0.5, 0.6) is 0 Å². The number of hydrogen-bond acceptors (Lipinski definition) is 3. The summed E-state index contributed by atoms with van der Waals surface area (Å²) in [4.78, 5) is 24.0. The van der Waals surface area contributed by atoms with Gasteiger partial charge in [-0.3, -0.25) is 9.59 Å². The van der Waals surface area contributed by atoms with Crippen molar-refractivity contribution < 1.29 is 9.59 Å². The zero-order chi connectivity index (χ0) is 16.5. The van der Waals surface area contributed by atoms with Gasteiger partial charge in [-0.25, -0.2) is 0 Å². The van der Waals surface area contributed by atoms with Crippen molar-refractivity contribution in [3.63, 3.8) is 0 Å². The van der Waals surface area contributed by atoms with E-state index in [1.54, 1.807) is 0 Å². The molecule has 120 valence electrons. The van der Waals surface area contributed by atoms with Crippen molar-refractivity contribution in [1.82, 2.24) is 10.6 Å². The maximum atomic E-state index is 12.3. The Bertz CT molecular complexity index is 385. The van der Waals surface area contributed by atoms with Gasteiger partial charge in [-0.2, -0.15) is 5.26 Å². The van der Waals surface area contributed by atoms with Crippen LogP contribution in [0.1, 0.15) is 66.7 Å². The van der Waals surface area contributed by atoms with E-state index in [0.717, 1.165) is 12.8 Å². The number of amides is 2. The summed E-state index contributed by atoms with van der Waals surface area (Å²) in [5.41, 5.74) is -1.23. The van der Waals surface area contributed by atoms with E-state index in [2.05, 4.69) is 16.7 Å². The van der Waals surface area contributed by atoms with Gasteiger partial charge in [-0.1, -0.05) is 26.7 Å². The first-order valence-electron chi connectivity index (χ1n) is 7.71. The number of rotatable bonds is 8. The van der Waals surface area contributed by atoms with Gasteiger partial charge in [0.05, 0.1) is 6.07 Å². The molecule has 2 amide bonds. The molecule has 0 spiro atoms. The fourth-order valence-corrected chi connectivity index (χ4v) is 2.31. The highest BCUT2D eigenvalue weighted by Gasteiger charge is 2.36. The lowest BCUT2D eigenvalue weighted by Gasteiger charge is -2.25. The second-order valence-electron chi connectivity index (χ2n) is 6.50. The zero-order valence-corrected chi connectivity index (χ0v) is 14.0. The van der Waals surface area contributed by atoms with Crippen molar-refractivity contribution in [1.29, 1.82) is 5.26 Å². The van der Waals surface area contributed by atoms with E-state index in [0.29, 0.717) is 12.8 Å². The molecule has 0 unspecified atom stereocenters. The molecule has 0 aliphatic rings. The Balaban J connectivity index is 4.46. The van der Waals surface area contributed by atoms with Crippen LogP contribution < -0.4 is 10.6 Å². The van der Waals surface area contributed by atoms with Gasteiger partial charge in [0.1, 0.15) is 5.41 Å². The van der Waals surface area contributed by atoms with Crippen molar-refractivity contribution in [2.75, 3.05) is 6.54 Å². The molecule has 0 aliphatic heterocycles. The van der Waals surface area contributed by atoms with Crippen LogP contribution in [0.3, 0.4) is 0 Å². The minimum Gasteiger partial charge on any atom is -0.354 e. The number of carbonyl (C=O) groups excluding carboxylic acids is 2. The lowest BCUT2D eigenvalue weighted by atomic mass is 9.80. The van der Waals surface area contributed by atoms with E-state index < -0.39 is 5.41 Å². The summed E-state index contributed by atoms with van der Waals surface area (Å²) in [6.45, 7) is 9.92. The molecule has 0 rings (SSSR count). The van der Waals surface area contributed by atoms with E-state index in [1.807, 2.05) is 34.6 Å².